The molecule has 0 spiro atoms. The molecule has 21 heavy (non-hydrogen) atoms. The first-order chi connectivity index (χ1) is 10.1. The summed E-state index contributed by atoms with van der Waals surface area (Å²) in [5.41, 5.74) is 8.02. The Balaban J connectivity index is 2.08. The quantitative estimate of drug-likeness (QED) is 0.783. The highest BCUT2D eigenvalue weighted by atomic mass is 16.4. The molecule has 2 rings (SSSR count). The Kier molecular flexibility index (Phi) is 4.68. The van der Waals surface area contributed by atoms with Gasteiger partial charge in [-0.25, -0.2) is 4.79 Å². The van der Waals surface area contributed by atoms with Gasteiger partial charge in [0.25, 0.3) is 0 Å². The summed E-state index contributed by atoms with van der Waals surface area (Å²) in [6, 6.07) is 13.6. The maximum atomic E-state index is 12.0. The zero-order valence-corrected chi connectivity index (χ0v) is 11.4. The third-order valence-electron chi connectivity index (χ3n) is 3.08. The summed E-state index contributed by atoms with van der Waals surface area (Å²) in [5, 5.41) is 11.6. The summed E-state index contributed by atoms with van der Waals surface area (Å²) in [7, 11) is 0. The normalized spacial score (nSPS) is 10.1. The molecule has 108 valence electrons. The van der Waals surface area contributed by atoms with E-state index in [1.54, 1.807) is 12.1 Å². The van der Waals surface area contributed by atoms with Gasteiger partial charge in [0, 0.05) is 12.2 Å². The minimum atomic E-state index is -1.03. The van der Waals surface area contributed by atoms with Crippen molar-refractivity contribution in [1.29, 1.82) is 0 Å². The Bertz CT molecular complexity index is 668. The maximum Gasteiger partial charge on any atom is 0.335 e. The lowest BCUT2D eigenvalue weighted by Gasteiger charge is -2.09. The van der Waals surface area contributed by atoms with E-state index in [0.29, 0.717) is 12.2 Å². The first-order valence-electron chi connectivity index (χ1n) is 6.50. The van der Waals surface area contributed by atoms with Crippen molar-refractivity contribution in [2.24, 2.45) is 5.73 Å². The van der Waals surface area contributed by atoms with Crippen LogP contribution in [-0.4, -0.2) is 17.0 Å². The summed E-state index contributed by atoms with van der Waals surface area (Å²) in [6.07, 6.45) is 0.199. The van der Waals surface area contributed by atoms with Crippen LogP contribution in [0.15, 0.2) is 48.5 Å². The molecule has 0 fully saturated rings. The highest BCUT2D eigenvalue weighted by Gasteiger charge is 2.09. The van der Waals surface area contributed by atoms with Crippen molar-refractivity contribution in [3.05, 3.63) is 65.2 Å². The van der Waals surface area contributed by atoms with Gasteiger partial charge in [-0.05, 0) is 29.3 Å². The van der Waals surface area contributed by atoms with Crippen molar-refractivity contribution >= 4 is 17.6 Å². The molecule has 0 atom stereocenters. The second-order valence-corrected chi connectivity index (χ2v) is 4.58. The van der Waals surface area contributed by atoms with Crippen LogP contribution in [0.2, 0.25) is 0 Å². The lowest BCUT2D eigenvalue weighted by atomic mass is 10.0. The molecule has 0 bridgehead atoms. The van der Waals surface area contributed by atoms with E-state index in [1.807, 2.05) is 24.3 Å². The monoisotopic (exact) mass is 284 g/mol. The zero-order chi connectivity index (χ0) is 15.2. The summed E-state index contributed by atoms with van der Waals surface area (Å²) in [4.78, 5) is 22.9. The number of hydrogen-bond donors (Lipinski definition) is 3. The number of anilines is 1. The minimum Gasteiger partial charge on any atom is -0.478 e. The Morgan fingerprint density at radius 2 is 1.76 bits per heavy atom. The van der Waals surface area contributed by atoms with Gasteiger partial charge in [-0.2, -0.15) is 0 Å². The Labute approximate surface area is 122 Å². The van der Waals surface area contributed by atoms with Gasteiger partial charge >= 0.3 is 5.97 Å². The number of nitrogens with one attached hydrogen (secondary N) is 1. The molecule has 1 amide bonds. The molecule has 0 radical (unpaired) electrons. The Hall–Kier alpha value is -2.66. The van der Waals surface area contributed by atoms with Crippen molar-refractivity contribution in [3.63, 3.8) is 0 Å². The standard InChI is InChI=1S/C16H16N2O3/c17-10-13-5-2-1-4-11(13)9-15(19)18-14-7-3-6-12(8-14)16(20)21/h1-8H,9-10,17H2,(H,18,19)(H,20,21). The van der Waals surface area contributed by atoms with Crippen LogP contribution in [0.1, 0.15) is 21.5 Å². The van der Waals surface area contributed by atoms with Crippen LogP contribution in [0, 0.1) is 0 Å². The number of carbonyl (C=O) groups is 2. The Morgan fingerprint density at radius 3 is 2.43 bits per heavy atom. The van der Waals surface area contributed by atoms with Gasteiger partial charge in [0.2, 0.25) is 5.91 Å². The topological polar surface area (TPSA) is 92.4 Å². The molecular weight excluding hydrogens is 268 g/mol. The number of carboxylic acid groups (broad SMARTS) is 1. The van der Waals surface area contributed by atoms with Crippen molar-refractivity contribution in [2.45, 2.75) is 13.0 Å². The first kappa shape index (κ1) is 14.7. The largest absolute Gasteiger partial charge is 0.478 e. The number of benzene rings is 2. The number of nitrogens with two attached hydrogens (primary N) is 1. The lowest BCUT2D eigenvalue weighted by Crippen LogP contribution is -2.16. The van der Waals surface area contributed by atoms with Crippen LogP contribution in [0.3, 0.4) is 0 Å². The molecule has 0 saturated heterocycles. The molecule has 0 aliphatic carbocycles. The molecule has 0 aliphatic heterocycles. The van der Waals surface area contributed by atoms with E-state index in [2.05, 4.69) is 5.32 Å². The van der Waals surface area contributed by atoms with Gasteiger partial charge < -0.3 is 16.2 Å². The smallest absolute Gasteiger partial charge is 0.335 e. The number of amides is 1. The summed E-state index contributed by atoms with van der Waals surface area (Å²) < 4.78 is 0. The second-order valence-electron chi connectivity index (χ2n) is 4.58. The van der Waals surface area contributed by atoms with E-state index in [-0.39, 0.29) is 17.9 Å². The van der Waals surface area contributed by atoms with Crippen LogP contribution in [0.25, 0.3) is 0 Å². The predicted octanol–water partition coefficient (Wildman–Crippen LogP) is 2.02. The van der Waals surface area contributed by atoms with Crippen LogP contribution in [0.5, 0.6) is 0 Å². The van der Waals surface area contributed by atoms with Gasteiger partial charge in [-0.15, -0.1) is 0 Å². The summed E-state index contributed by atoms with van der Waals surface area (Å²) >= 11 is 0. The van der Waals surface area contributed by atoms with Crippen LogP contribution >= 0.6 is 0 Å². The SMILES string of the molecule is NCc1ccccc1CC(=O)Nc1cccc(C(=O)O)c1. The molecule has 0 saturated carbocycles. The first-order valence-corrected chi connectivity index (χ1v) is 6.50. The Morgan fingerprint density at radius 1 is 1.05 bits per heavy atom. The van der Waals surface area contributed by atoms with E-state index in [9.17, 15) is 9.59 Å². The fourth-order valence-electron chi connectivity index (χ4n) is 2.04. The fourth-order valence-corrected chi connectivity index (χ4v) is 2.04. The van der Waals surface area contributed by atoms with E-state index < -0.39 is 5.97 Å². The number of carbonyl (C=O) groups excluding carboxylic acids is 1. The van der Waals surface area contributed by atoms with E-state index >= 15 is 0 Å². The minimum absolute atomic E-state index is 0.134. The van der Waals surface area contributed by atoms with Crippen molar-refractivity contribution in [2.75, 3.05) is 5.32 Å². The van der Waals surface area contributed by atoms with Crippen molar-refractivity contribution in [1.82, 2.24) is 0 Å². The van der Waals surface area contributed by atoms with Crippen LogP contribution < -0.4 is 11.1 Å². The number of hydrogen-bond acceptors (Lipinski definition) is 3. The van der Waals surface area contributed by atoms with Gasteiger partial charge in [-0.3, -0.25) is 4.79 Å². The summed E-state index contributed by atoms with van der Waals surface area (Å²) in [5.74, 6) is -1.24. The van der Waals surface area contributed by atoms with Crippen molar-refractivity contribution < 1.29 is 14.7 Å². The molecule has 2 aromatic rings. The number of carboxylic acids is 1. The third kappa shape index (κ3) is 3.90. The molecule has 5 heteroatoms. The summed E-state index contributed by atoms with van der Waals surface area (Å²) in [6.45, 7) is 0.373. The van der Waals surface area contributed by atoms with Gasteiger partial charge in [0.1, 0.15) is 0 Å². The maximum absolute atomic E-state index is 12.0. The fraction of sp³-hybridized carbons (Fsp3) is 0.125. The van der Waals surface area contributed by atoms with Crippen LogP contribution in [-0.2, 0) is 17.8 Å². The van der Waals surface area contributed by atoms with E-state index in [4.69, 9.17) is 10.8 Å². The average Bonchev–Trinajstić information content (AvgIpc) is 2.48. The predicted molar refractivity (Wildman–Crippen MR) is 80.1 cm³/mol. The van der Waals surface area contributed by atoms with Crippen LogP contribution in [0.4, 0.5) is 5.69 Å². The van der Waals surface area contributed by atoms with Crippen molar-refractivity contribution in [3.8, 4) is 0 Å². The average molecular weight is 284 g/mol. The highest BCUT2D eigenvalue weighted by molar-refractivity contribution is 5.94. The molecular formula is C16H16N2O3. The molecule has 0 aromatic heterocycles. The number of aromatic carboxylic acids is 1. The molecule has 0 unspecified atom stereocenters. The molecule has 4 N–H and O–H groups in total. The molecule has 5 nitrogen and oxygen atoms in total. The lowest BCUT2D eigenvalue weighted by molar-refractivity contribution is -0.115. The molecule has 0 heterocycles. The second kappa shape index (κ2) is 6.67. The third-order valence-corrected chi connectivity index (χ3v) is 3.08. The van der Waals surface area contributed by atoms with E-state index in [0.717, 1.165) is 11.1 Å². The van der Waals surface area contributed by atoms with Gasteiger partial charge in [-0.1, -0.05) is 30.3 Å². The highest BCUT2D eigenvalue weighted by Crippen LogP contribution is 2.13. The molecule has 0 aliphatic rings. The zero-order valence-electron chi connectivity index (χ0n) is 11.4. The van der Waals surface area contributed by atoms with Gasteiger partial charge in [0.15, 0.2) is 0 Å². The van der Waals surface area contributed by atoms with Gasteiger partial charge in [0.05, 0.1) is 12.0 Å². The molecule has 2 aromatic carbocycles. The van der Waals surface area contributed by atoms with E-state index in [1.165, 1.54) is 12.1 Å². The number of rotatable bonds is 5.